The highest BCUT2D eigenvalue weighted by Gasteiger charge is 2.22. The lowest BCUT2D eigenvalue weighted by atomic mass is 10.0. The number of amides is 3. The van der Waals surface area contributed by atoms with Gasteiger partial charge < -0.3 is 20.4 Å². The zero-order valence-corrected chi connectivity index (χ0v) is 17.5. The first-order chi connectivity index (χ1) is 14.0. The number of carbonyl (C=O) groups excluding carboxylic acids is 2. The number of piperazine rings is 1. The lowest BCUT2D eigenvalue weighted by Crippen LogP contribution is -2.50. The summed E-state index contributed by atoms with van der Waals surface area (Å²) in [5.74, 6) is -0.0811. The standard InChI is InChI=1S/C23H30N4O2/c1-4-18-8-6-9-19(5-2)22(18)25-23(29)27-14-12-26(13-15-27)21-11-7-10-20(16-21)24-17(3)28/h6-11,16H,4-5,12-15H2,1-3H3,(H,24,28)(H,25,29). The second-order valence-electron chi connectivity index (χ2n) is 7.29. The SMILES string of the molecule is CCc1cccc(CC)c1NC(=O)N1CCN(c2cccc(NC(C)=O)c2)CC1. The van der Waals surface area contributed by atoms with E-state index in [0.29, 0.717) is 13.1 Å². The van der Waals surface area contributed by atoms with E-state index >= 15 is 0 Å². The molecule has 1 fully saturated rings. The van der Waals surface area contributed by atoms with E-state index in [2.05, 4.69) is 47.6 Å². The first-order valence-electron chi connectivity index (χ1n) is 10.3. The zero-order chi connectivity index (χ0) is 20.8. The van der Waals surface area contributed by atoms with E-state index in [9.17, 15) is 9.59 Å². The van der Waals surface area contributed by atoms with Crippen LogP contribution >= 0.6 is 0 Å². The third kappa shape index (κ3) is 5.08. The third-order valence-corrected chi connectivity index (χ3v) is 5.33. The summed E-state index contributed by atoms with van der Waals surface area (Å²) in [5.41, 5.74) is 5.16. The molecule has 0 bridgehead atoms. The molecule has 0 atom stereocenters. The van der Waals surface area contributed by atoms with Crippen molar-refractivity contribution in [1.82, 2.24) is 4.90 Å². The number of hydrogen-bond donors (Lipinski definition) is 2. The van der Waals surface area contributed by atoms with E-state index in [1.54, 1.807) is 0 Å². The Morgan fingerprint density at radius 2 is 1.52 bits per heavy atom. The molecule has 0 saturated carbocycles. The summed E-state index contributed by atoms with van der Waals surface area (Å²) in [5, 5.41) is 5.98. The van der Waals surface area contributed by atoms with Gasteiger partial charge in [-0.25, -0.2) is 4.79 Å². The maximum absolute atomic E-state index is 12.9. The molecule has 0 aromatic heterocycles. The van der Waals surface area contributed by atoms with Crippen LogP contribution < -0.4 is 15.5 Å². The molecule has 0 radical (unpaired) electrons. The first kappa shape index (κ1) is 20.7. The lowest BCUT2D eigenvalue weighted by molar-refractivity contribution is -0.114. The summed E-state index contributed by atoms with van der Waals surface area (Å²) in [6.45, 7) is 8.55. The van der Waals surface area contributed by atoms with E-state index in [4.69, 9.17) is 0 Å². The molecule has 1 heterocycles. The Morgan fingerprint density at radius 1 is 0.897 bits per heavy atom. The van der Waals surface area contributed by atoms with Gasteiger partial charge in [-0.1, -0.05) is 38.1 Å². The summed E-state index contributed by atoms with van der Waals surface area (Å²) in [6, 6.07) is 14.0. The molecule has 2 N–H and O–H groups in total. The van der Waals surface area contributed by atoms with Crippen molar-refractivity contribution in [2.75, 3.05) is 41.7 Å². The first-order valence-corrected chi connectivity index (χ1v) is 10.3. The summed E-state index contributed by atoms with van der Waals surface area (Å²) in [6.07, 6.45) is 1.78. The molecule has 29 heavy (non-hydrogen) atoms. The molecule has 3 rings (SSSR count). The monoisotopic (exact) mass is 394 g/mol. The Kier molecular flexibility index (Phi) is 6.75. The van der Waals surface area contributed by atoms with Crippen molar-refractivity contribution in [2.45, 2.75) is 33.6 Å². The van der Waals surface area contributed by atoms with Gasteiger partial charge in [0.15, 0.2) is 0 Å². The number of aryl methyl sites for hydroxylation is 2. The van der Waals surface area contributed by atoms with E-state index in [1.807, 2.05) is 29.2 Å². The molecule has 6 heteroatoms. The van der Waals surface area contributed by atoms with Gasteiger partial charge in [0.2, 0.25) is 5.91 Å². The summed E-state index contributed by atoms with van der Waals surface area (Å²) < 4.78 is 0. The number of hydrogen-bond acceptors (Lipinski definition) is 3. The Morgan fingerprint density at radius 3 is 2.10 bits per heavy atom. The minimum Gasteiger partial charge on any atom is -0.368 e. The molecular weight excluding hydrogens is 364 g/mol. The van der Waals surface area contributed by atoms with Gasteiger partial charge in [0.25, 0.3) is 0 Å². The normalized spacial score (nSPS) is 13.9. The van der Waals surface area contributed by atoms with Crippen LogP contribution in [-0.2, 0) is 17.6 Å². The van der Waals surface area contributed by atoms with E-state index in [-0.39, 0.29) is 11.9 Å². The highest BCUT2D eigenvalue weighted by atomic mass is 16.2. The van der Waals surface area contributed by atoms with Crippen LogP contribution in [0.1, 0.15) is 31.9 Å². The van der Waals surface area contributed by atoms with Crippen LogP contribution in [0.25, 0.3) is 0 Å². The van der Waals surface area contributed by atoms with Crippen LogP contribution in [0, 0.1) is 0 Å². The van der Waals surface area contributed by atoms with Gasteiger partial charge in [-0.05, 0) is 42.2 Å². The van der Waals surface area contributed by atoms with Crippen LogP contribution in [0.4, 0.5) is 21.9 Å². The van der Waals surface area contributed by atoms with Gasteiger partial charge in [-0.3, -0.25) is 4.79 Å². The summed E-state index contributed by atoms with van der Waals surface area (Å²) >= 11 is 0. The highest BCUT2D eigenvalue weighted by molar-refractivity contribution is 5.91. The average Bonchev–Trinajstić information content (AvgIpc) is 2.73. The second kappa shape index (κ2) is 9.45. The Balaban J connectivity index is 1.63. The Bertz CT molecular complexity index is 851. The molecule has 2 aromatic rings. The molecular formula is C23H30N4O2. The molecule has 1 aliphatic rings. The van der Waals surface area contributed by atoms with Crippen molar-refractivity contribution in [2.24, 2.45) is 0 Å². The molecule has 2 aromatic carbocycles. The fourth-order valence-electron chi connectivity index (χ4n) is 3.74. The molecule has 154 valence electrons. The Hall–Kier alpha value is -3.02. The lowest BCUT2D eigenvalue weighted by Gasteiger charge is -2.36. The average molecular weight is 395 g/mol. The van der Waals surface area contributed by atoms with E-state index < -0.39 is 0 Å². The summed E-state index contributed by atoms with van der Waals surface area (Å²) in [7, 11) is 0. The quantitative estimate of drug-likeness (QED) is 0.802. The smallest absolute Gasteiger partial charge is 0.321 e. The van der Waals surface area contributed by atoms with Gasteiger partial charge in [0, 0.05) is 50.2 Å². The van der Waals surface area contributed by atoms with E-state index in [1.165, 1.54) is 18.1 Å². The molecule has 0 aliphatic carbocycles. The molecule has 1 saturated heterocycles. The predicted octanol–water partition coefficient (Wildman–Crippen LogP) is 4.12. The predicted molar refractivity (Wildman–Crippen MR) is 119 cm³/mol. The van der Waals surface area contributed by atoms with Gasteiger partial charge >= 0.3 is 6.03 Å². The number of nitrogens with zero attached hydrogens (tertiary/aromatic N) is 2. The van der Waals surface area contributed by atoms with Gasteiger partial charge in [0.1, 0.15) is 0 Å². The number of rotatable bonds is 5. The number of benzene rings is 2. The van der Waals surface area contributed by atoms with Crippen molar-refractivity contribution < 1.29 is 9.59 Å². The third-order valence-electron chi connectivity index (χ3n) is 5.33. The maximum Gasteiger partial charge on any atom is 0.321 e. The van der Waals surface area contributed by atoms with Crippen molar-refractivity contribution in [3.05, 3.63) is 53.6 Å². The van der Waals surface area contributed by atoms with Crippen molar-refractivity contribution >= 4 is 29.0 Å². The number of urea groups is 1. The fraction of sp³-hybridized carbons (Fsp3) is 0.391. The zero-order valence-electron chi connectivity index (χ0n) is 17.5. The van der Waals surface area contributed by atoms with E-state index in [0.717, 1.165) is 43.0 Å². The minimum absolute atomic E-state index is 0.0350. The highest BCUT2D eigenvalue weighted by Crippen LogP contribution is 2.24. The van der Waals surface area contributed by atoms with Crippen molar-refractivity contribution in [3.8, 4) is 0 Å². The number of nitrogens with one attached hydrogen (secondary N) is 2. The van der Waals surface area contributed by atoms with Crippen LogP contribution in [0.5, 0.6) is 0 Å². The van der Waals surface area contributed by atoms with Crippen LogP contribution in [0.15, 0.2) is 42.5 Å². The van der Waals surface area contributed by atoms with Crippen molar-refractivity contribution in [1.29, 1.82) is 0 Å². The second-order valence-corrected chi connectivity index (χ2v) is 7.29. The van der Waals surface area contributed by atoms with Gasteiger partial charge in [0.05, 0.1) is 0 Å². The largest absolute Gasteiger partial charge is 0.368 e. The molecule has 0 spiro atoms. The number of para-hydroxylation sites is 1. The fourth-order valence-corrected chi connectivity index (χ4v) is 3.74. The molecule has 1 aliphatic heterocycles. The molecule has 0 unspecified atom stereocenters. The number of carbonyl (C=O) groups is 2. The molecule has 6 nitrogen and oxygen atoms in total. The van der Waals surface area contributed by atoms with Crippen LogP contribution in [0.2, 0.25) is 0 Å². The molecule has 3 amide bonds. The van der Waals surface area contributed by atoms with Crippen LogP contribution in [-0.4, -0.2) is 43.0 Å². The number of anilines is 3. The maximum atomic E-state index is 12.9. The van der Waals surface area contributed by atoms with Crippen molar-refractivity contribution in [3.63, 3.8) is 0 Å². The Labute approximate surface area is 172 Å². The van der Waals surface area contributed by atoms with Crippen LogP contribution in [0.3, 0.4) is 0 Å². The topological polar surface area (TPSA) is 64.7 Å². The van der Waals surface area contributed by atoms with Gasteiger partial charge in [-0.15, -0.1) is 0 Å². The minimum atomic E-state index is -0.0811. The van der Waals surface area contributed by atoms with Gasteiger partial charge in [-0.2, -0.15) is 0 Å². The summed E-state index contributed by atoms with van der Waals surface area (Å²) in [4.78, 5) is 28.3.